The molecule has 60 heavy (non-hydrogen) atoms. The Balaban J connectivity index is 1.42. The number of pyridine rings is 2. The maximum absolute atomic E-state index is 14.6. The van der Waals surface area contributed by atoms with Gasteiger partial charge in [-0.15, -0.1) is 0 Å². The third kappa shape index (κ3) is 12.4. The summed E-state index contributed by atoms with van der Waals surface area (Å²) in [5.74, 6) is -0.822. The molecule has 2 aromatic carbocycles. The molecule has 0 spiro atoms. The van der Waals surface area contributed by atoms with Gasteiger partial charge in [0.25, 0.3) is 0 Å². The lowest BCUT2D eigenvalue weighted by Crippen LogP contribution is -2.59. The van der Waals surface area contributed by atoms with E-state index in [0.29, 0.717) is 26.1 Å². The van der Waals surface area contributed by atoms with E-state index in [9.17, 15) is 24.3 Å². The van der Waals surface area contributed by atoms with Gasteiger partial charge in [0.1, 0.15) is 12.1 Å². The molecule has 1 aliphatic rings. The number of benzene rings is 2. The van der Waals surface area contributed by atoms with Crippen molar-refractivity contribution in [1.29, 1.82) is 0 Å². The van der Waals surface area contributed by atoms with Gasteiger partial charge in [-0.25, -0.2) is 9.59 Å². The summed E-state index contributed by atoms with van der Waals surface area (Å²) in [6.45, 7) is 14.3. The molecule has 5 amide bonds. The van der Waals surface area contributed by atoms with Gasteiger partial charge in [-0.05, 0) is 72.4 Å². The molecule has 0 unspecified atom stereocenters. The van der Waals surface area contributed by atoms with Crippen LogP contribution in [-0.2, 0) is 33.7 Å². The number of amides is 5. The highest BCUT2D eigenvalue weighted by Crippen LogP contribution is 2.29. The number of hydrogen-bond acceptors (Lipinski definition) is 8. The van der Waals surface area contributed by atoms with Crippen molar-refractivity contribution >= 4 is 23.9 Å². The van der Waals surface area contributed by atoms with Gasteiger partial charge in [0, 0.05) is 36.6 Å². The Labute approximate surface area is 354 Å². The normalized spacial score (nSPS) is 15.7. The van der Waals surface area contributed by atoms with Crippen LogP contribution in [0.2, 0.25) is 0 Å². The fraction of sp³-hybridized carbons (Fsp3) is 0.447. The fourth-order valence-corrected chi connectivity index (χ4v) is 7.70. The minimum Gasteiger partial charge on any atom is -0.453 e. The second-order valence-electron chi connectivity index (χ2n) is 17.8. The van der Waals surface area contributed by atoms with Gasteiger partial charge in [0.2, 0.25) is 11.8 Å². The van der Waals surface area contributed by atoms with Crippen molar-refractivity contribution in [2.75, 3.05) is 20.2 Å². The molecule has 1 saturated heterocycles. The number of methoxy groups -OCH3 is 1. The summed E-state index contributed by atoms with van der Waals surface area (Å²) in [5.41, 5.74) is 3.83. The predicted molar refractivity (Wildman–Crippen MR) is 232 cm³/mol. The average molecular weight is 820 g/mol. The molecule has 13 heteroatoms. The minimum absolute atomic E-state index is 0.0562. The van der Waals surface area contributed by atoms with Crippen LogP contribution in [0.3, 0.4) is 0 Å². The highest BCUT2D eigenvalue weighted by Gasteiger charge is 2.44. The predicted octanol–water partition coefficient (Wildman–Crippen LogP) is 6.08. The van der Waals surface area contributed by atoms with E-state index in [-0.39, 0.29) is 24.8 Å². The molecule has 0 radical (unpaired) electrons. The van der Waals surface area contributed by atoms with Crippen molar-refractivity contribution in [1.82, 2.24) is 35.7 Å². The van der Waals surface area contributed by atoms with Crippen LogP contribution in [0.15, 0.2) is 97.2 Å². The monoisotopic (exact) mass is 819 g/mol. The lowest BCUT2D eigenvalue weighted by Gasteiger charge is -2.38. The highest BCUT2D eigenvalue weighted by molar-refractivity contribution is 5.89. The molecule has 1 aliphatic heterocycles. The Morgan fingerprint density at radius 1 is 0.783 bits per heavy atom. The van der Waals surface area contributed by atoms with Crippen molar-refractivity contribution in [2.24, 2.45) is 10.8 Å². The number of urea groups is 1. The number of aliphatic hydroxyl groups excluding tert-OH is 1. The second kappa shape index (κ2) is 20.0. The number of aliphatic hydroxyl groups is 1. The first kappa shape index (κ1) is 45.3. The maximum Gasteiger partial charge on any atom is 0.407 e. The van der Waals surface area contributed by atoms with Crippen LogP contribution >= 0.6 is 0 Å². The first-order valence-electron chi connectivity index (χ1n) is 20.6. The molecular weight excluding hydrogens is 759 g/mol. The first-order valence-corrected chi connectivity index (χ1v) is 20.6. The molecule has 13 nitrogen and oxygen atoms in total. The zero-order valence-corrected chi connectivity index (χ0v) is 36.1. The Hall–Kier alpha value is -5.82. The van der Waals surface area contributed by atoms with Gasteiger partial charge in [0.05, 0.1) is 37.2 Å². The molecule has 320 valence electrons. The number of hydrogen-bond donors (Lipinski definition) is 4. The standard InChI is InChI=1S/C47H61N7O6/c1-31-15-14-18-35(49-31)30-53-25-26-54(45(53)59)41(47(5,6)7)43(57)51-38(28-32-16-10-9-11-17-32)39(55)29-36(50-42(56)40(46(2,3)4)52-44(58)60-8)27-33-20-22-34(23-21-33)37-19-12-13-24-48-37/h9-24,36,38-41,55H,25-30H2,1-8H3,(H,50,56)(H,51,57)(H,52,58)/t36-,38+,39-,40-,41-/m1/s1. The molecule has 0 aliphatic carbocycles. The lowest BCUT2D eigenvalue weighted by molar-refractivity contribution is -0.131. The summed E-state index contributed by atoms with van der Waals surface area (Å²) in [7, 11) is 1.24. The van der Waals surface area contributed by atoms with Crippen LogP contribution in [0.4, 0.5) is 9.59 Å². The SMILES string of the molecule is COC(=O)N[C@H](C(=O)N[C@H](Cc1ccc(-c2ccccn2)cc1)C[C@@H](O)[C@H](Cc1ccccc1)NC(=O)[C@@H](N1CCN(Cc2cccc(C)n2)C1=O)C(C)(C)C)C(C)(C)C. The number of alkyl carbamates (subject to hydrolysis) is 1. The van der Waals surface area contributed by atoms with E-state index in [4.69, 9.17) is 4.74 Å². The number of carbonyl (C=O) groups excluding carboxylic acids is 4. The van der Waals surface area contributed by atoms with Crippen LogP contribution < -0.4 is 16.0 Å². The zero-order chi connectivity index (χ0) is 43.6. The van der Waals surface area contributed by atoms with E-state index in [0.717, 1.165) is 33.8 Å². The third-order valence-corrected chi connectivity index (χ3v) is 10.7. The van der Waals surface area contributed by atoms with Crippen molar-refractivity contribution in [3.8, 4) is 11.3 Å². The largest absolute Gasteiger partial charge is 0.453 e. The van der Waals surface area contributed by atoms with E-state index in [1.807, 2.05) is 139 Å². The molecule has 5 rings (SSSR count). The quantitative estimate of drug-likeness (QED) is 0.106. The summed E-state index contributed by atoms with van der Waals surface area (Å²) in [6.07, 6.45) is 0.536. The first-order chi connectivity index (χ1) is 28.4. The Morgan fingerprint density at radius 2 is 1.47 bits per heavy atom. The third-order valence-electron chi connectivity index (χ3n) is 10.7. The van der Waals surface area contributed by atoms with Gasteiger partial charge < -0.3 is 35.6 Å². The lowest BCUT2D eigenvalue weighted by atomic mass is 9.84. The van der Waals surface area contributed by atoms with E-state index >= 15 is 0 Å². The number of rotatable bonds is 16. The summed E-state index contributed by atoms with van der Waals surface area (Å²) in [5, 5.41) is 21.2. The molecule has 4 N–H and O–H groups in total. The maximum atomic E-state index is 14.6. The van der Waals surface area contributed by atoms with E-state index in [1.54, 1.807) is 16.0 Å². The van der Waals surface area contributed by atoms with Crippen LogP contribution in [0.1, 0.15) is 70.5 Å². The van der Waals surface area contributed by atoms with Crippen LogP contribution in [0, 0.1) is 17.8 Å². The summed E-state index contributed by atoms with van der Waals surface area (Å²) in [6, 6.07) is 25.4. The van der Waals surface area contributed by atoms with Crippen molar-refractivity contribution in [2.45, 2.75) is 105 Å². The van der Waals surface area contributed by atoms with Gasteiger partial charge in [-0.3, -0.25) is 19.6 Å². The Bertz CT molecular complexity index is 2050. The van der Waals surface area contributed by atoms with Crippen LogP contribution in [0.25, 0.3) is 11.3 Å². The molecule has 0 saturated carbocycles. The topological polar surface area (TPSA) is 166 Å². The molecule has 3 heterocycles. The van der Waals surface area contributed by atoms with E-state index < -0.39 is 53.1 Å². The van der Waals surface area contributed by atoms with Crippen molar-refractivity contribution < 1.29 is 29.0 Å². The number of nitrogens with one attached hydrogen (secondary N) is 3. The number of carbonyl (C=O) groups is 4. The molecule has 1 fully saturated rings. The van der Waals surface area contributed by atoms with Gasteiger partial charge in [0.15, 0.2) is 0 Å². The summed E-state index contributed by atoms with van der Waals surface area (Å²) >= 11 is 0. The molecule has 5 atom stereocenters. The number of nitrogens with zero attached hydrogens (tertiary/aromatic N) is 4. The molecular formula is C47H61N7O6. The molecule has 0 bridgehead atoms. The van der Waals surface area contributed by atoms with Crippen molar-refractivity contribution in [3.05, 3.63) is 120 Å². The number of ether oxygens (including phenoxy) is 1. The summed E-state index contributed by atoms with van der Waals surface area (Å²) < 4.78 is 4.84. The van der Waals surface area contributed by atoms with Crippen LogP contribution in [0.5, 0.6) is 0 Å². The van der Waals surface area contributed by atoms with E-state index in [2.05, 4.69) is 25.9 Å². The second-order valence-corrected chi connectivity index (χ2v) is 17.8. The van der Waals surface area contributed by atoms with Crippen LogP contribution in [-0.4, -0.2) is 99.3 Å². The van der Waals surface area contributed by atoms with Gasteiger partial charge in [-0.1, -0.05) is 108 Å². The van der Waals surface area contributed by atoms with Gasteiger partial charge in [-0.2, -0.15) is 0 Å². The zero-order valence-electron chi connectivity index (χ0n) is 36.1. The Morgan fingerprint density at radius 3 is 2.08 bits per heavy atom. The Kier molecular flexibility index (Phi) is 15.1. The minimum atomic E-state index is -1.15. The van der Waals surface area contributed by atoms with Crippen molar-refractivity contribution in [3.63, 3.8) is 0 Å². The number of aromatic nitrogens is 2. The highest BCUT2D eigenvalue weighted by atomic mass is 16.5. The molecule has 4 aromatic rings. The fourth-order valence-electron chi connectivity index (χ4n) is 7.70. The summed E-state index contributed by atoms with van der Waals surface area (Å²) in [4.78, 5) is 67.3. The smallest absolute Gasteiger partial charge is 0.407 e. The molecule has 2 aromatic heterocycles. The average Bonchev–Trinajstić information content (AvgIpc) is 3.54. The van der Waals surface area contributed by atoms with E-state index in [1.165, 1.54) is 7.11 Å². The number of aryl methyl sites for hydroxylation is 1. The van der Waals surface area contributed by atoms with Gasteiger partial charge >= 0.3 is 12.1 Å².